The Morgan fingerprint density at radius 2 is 1.67 bits per heavy atom. The lowest BCUT2D eigenvalue weighted by Gasteiger charge is -2.21. The minimum absolute atomic E-state index is 0.126. The van der Waals surface area contributed by atoms with Crippen molar-refractivity contribution in [3.05, 3.63) is 35.6 Å². The van der Waals surface area contributed by atoms with Gasteiger partial charge in [0.15, 0.2) is 5.96 Å². The molecule has 5 heteroatoms. The lowest BCUT2D eigenvalue weighted by atomic mass is 10.1. The number of nitrogens with one attached hydrogen (secondary N) is 3. The van der Waals surface area contributed by atoms with Gasteiger partial charge < -0.3 is 16.0 Å². The number of nitrogens with zero attached hydrogens (tertiary/aromatic N) is 1. The van der Waals surface area contributed by atoms with Gasteiger partial charge in [0.25, 0.3) is 0 Å². The summed E-state index contributed by atoms with van der Waals surface area (Å²) in [6.45, 7) is 8.88. The first kappa shape index (κ1) is 17.4. The van der Waals surface area contributed by atoms with Crippen molar-refractivity contribution in [1.29, 1.82) is 0 Å². The van der Waals surface area contributed by atoms with Crippen LogP contribution >= 0.6 is 0 Å². The first-order valence-corrected chi connectivity index (χ1v) is 7.35. The van der Waals surface area contributed by atoms with Crippen molar-refractivity contribution in [2.24, 2.45) is 4.99 Å². The van der Waals surface area contributed by atoms with Crippen molar-refractivity contribution in [3.8, 4) is 0 Å². The van der Waals surface area contributed by atoms with Gasteiger partial charge in [-0.3, -0.25) is 4.99 Å². The van der Waals surface area contributed by atoms with E-state index in [-0.39, 0.29) is 11.4 Å². The average molecular weight is 294 g/mol. The van der Waals surface area contributed by atoms with Gasteiger partial charge in [-0.1, -0.05) is 12.1 Å². The van der Waals surface area contributed by atoms with Crippen LogP contribution in [0.25, 0.3) is 0 Å². The van der Waals surface area contributed by atoms with Crippen LogP contribution in [0.4, 0.5) is 4.39 Å². The summed E-state index contributed by atoms with van der Waals surface area (Å²) in [4.78, 5) is 4.17. The summed E-state index contributed by atoms with van der Waals surface area (Å²) in [6.07, 6.45) is 0.835. The van der Waals surface area contributed by atoms with Gasteiger partial charge in [-0.05, 0) is 44.9 Å². The summed E-state index contributed by atoms with van der Waals surface area (Å²) in [7, 11) is 1.75. The predicted molar refractivity (Wildman–Crippen MR) is 87.2 cm³/mol. The summed E-state index contributed by atoms with van der Waals surface area (Å²) in [5.74, 6) is 0.586. The number of guanidine groups is 1. The molecule has 1 aromatic rings. The second-order valence-electron chi connectivity index (χ2n) is 5.98. The van der Waals surface area contributed by atoms with Crippen molar-refractivity contribution in [2.45, 2.75) is 32.7 Å². The molecule has 118 valence electrons. The zero-order chi connectivity index (χ0) is 15.7. The Kier molecular flexibility index (Phi) is 7.15. The fourth-order valence-electron chi connectivity index (χ4n) is 1.82. The van der Waals surface area contributed by atoms with E-state index in [2.05, 4.69) is 41.7 Å². The Bertz CT molecular complexity index is 435. The SMILES string of the molecule is CN=C(NCCNC(C)(C)C)NCCc1ccc(F)cc1. The largest absolute Gasteiger partial charge is 0.356 e. The number of benzene rings is 1. The monoisotopic (exact) mass is 294 g/mol. The molecule has 1 aromatic carbocycles. The van der Waals surface area contributed by atoms with Gasteiger partial charge in [-0.2, -0.15) is 0 Å². The highest BCUT2D eigenvalue weighted by molar-refractivity contribution is 5.79. The molecule has 0 saturated heterocycles. The van der Waals surface area contributed by atoms with Gasteiger partial charge in [0.2, 0.25) is 0 Å². The standard InChI is InChI=1S/C16H27FN4/c1-16(2,3)21-12-11-20-15(18-4)19-10-9-13-5-7-14(17)8-6-13/h5-8,21H,9-12H2,1-4H3,(H2,18,19,20). The molecule has 3 N–H and O–H groups in total. The molecule has 0 radical (unpaired) electrons. The Labute approximate surface area is 127 Å². The number of aliphatic imine (C=N–C) groups is 1. The number of rotatable bonds is 6. The number of hydrogen-bond acceptors (Lipinski definition) is 2. The summed E-state index contributed by atoms with van der Waals surface area (Å²) in [5, 5.41) is 9.91. The summed E-state index contributed by atoms with van der Waals surface area (Å²) in [6, 6.07) is 6.59. The molecule has 0 atom stereocenters. The molecule has 21 heavy (non-hydrogen) atoms. The fourth-order valence-corrected chi connectivity index (χ4v) is 1.82. The molecule has 0 unspecified atom stereocenters. The van der Waals surface area contributed by atoms with Crippen molar-refractivity contribution < 1.29 is 4.39 Å². The summed E-state index contributed by atoms with van der Waals surface area (Å²) in [5.41, 5.74) is 1.23. The Morgan fingerprint density at radius 3 is 2.24 bits per heavy atom. The van der Waals surface area contributed by atoms with E-state index >= 15 is 0 Å². The number of halogens is 1. The van der Waals surface area contributed by atoms with E-state index in [9.17, 15) is 4.39 Å². The molecule has 0 aliphatic rings. The van der Waals surface area contributed by atoms with E-state index in [4.69, 9.17) is 0 Å². The minimum atomic E-state index is -0.199. The number of hydrogen-bond donors (Lipinski definition) is 3. The minimum Gasteiger partial charge on any atom is -0.356 e. The van der Waals surface area contributed by atoms with Gasteiger partial charge in [0, 0.05) is 32.2 Å². The van der Waals surface area contributed by atoms with Crippen molar-refractivity contribution in [3.63, 3.8) is 0 Å². The van der Waals surface area contributed by atoms with Crippen LogP contribution in [-0.2, 0) is 6.42 Å². The molecule has 0 amide bonds. The van der Waals surface area contributed by atoms with Crippen LogP contribution in [-0.4, -0.2) is 38.2 Å². The van der Waals surface area contributed by atoms with E-state index in [1.807, 2.05) is 0 Å². The van der Waals surface area contributed by atoms with Crippen LogP contribution in [0.1, 0.15) is 26.3 Å². The quantitative estimate of drug-likeness (QED) is 0.427. The van der Waals surface area contributed by atoms with Gasteiger partial charge in [0.05, 0.1) is 0 Å². The third-order valence-corrected chi connectivity index (χ3v) is 2.92. The van der Waals surface area contributed by atoms with Crippen LogP contribution < -0.4 is 16.0 Å². The molecule has 4 nitrogen and oxygen atoms in total. The predicted octanol–water partition coefficient (Wildman–Crippen LogP) is 1.92. The first-order chi connectivity index (χ1) is 9.90. The van der Waals surface area contributed by atoms with Gasteiger partial charge in [-0.25, -0.2) is 4.39 Å². The molecule has 1 rings (SSSR count). The maximum absolute atomic E-state index is 12.8. The molecule has 0 aromatic heterocycles. The maximum atomic E-state index is 12.8. The Hall–Kier alpha value is -1.62. The zero-order valence-corrected chi connectivity index (χ0v) is 13.5. The van der Waals surface area contributed by atoms with E-state index in [0.29, 0.717) is 0 Å². The molecule has 0 spiro atoms. The molecular weight excluding hydrogens is 267 g/mol. The Morgan fingerprint density at radius 1 is 1.05 bits per heavy atom. The highest BCUT2D eigenvalue weighted by Crippen LogP contribution is 2.02. The third-order valence-electron chi connectivity index (χ3n) is 2.92. The third kappa shape index (κ3) is 8.30. The van der Waals surface area contributed by atoms with Crippen molar-refractivity contribution >= 4 is 5.96 Å². The normalized spacial score (nSPS) is 12.3. The van der Waals surface area contributed by atoms with E-state index in [1.54, 1.807) is 19.2 Å². The molecule has 0 bridgehead atoms. The topological polar surface area (TPSA) is 48.5 Å². The average Bonchev–Trinajstić information content (AvgIpc) is 2.42. The lowest BCUT2D eigenvalue weighted by Crippen LogP contribution is -2.44. The van der Waals surface area contributed by atoms with E-state index in [1.165, 1.54) is 12.1 Å². The van der Waals surface area contributed by atoms with Crippen LogP contribution in [0.15, 0.2) is 29.3 Å². The smallest absolute Gasteiger partial charge is 0.191 e. The second-order valence-corrected chi connectivity index (χ2v) is 5.98. The molecule has 0 aliphatic carbocycles. The van der Waals surface area contributed by atoms with Crippen LogP contribution in [0.2, 0.25) is 0 Å². The summed E-state index contributed by atoms with van der Waals surface area (Å²) < 4.78 is 12.8. The first-order valence-electron chi connectivity index (χ1n) is 7.35. The fraction of sp³-hybridized carbons (Fsp3) is 0.562. The van der Waals surface area contributed by atoms with Crippen molar-refractivity contribution in [2.75, 3.05) is 26.7 Å². The molecular formula is C16H27FN4. The molecule has 0 fully saturated rings. The molecule has 0 heterocycles. The van der Waals surface area contributed by atoms with Crippen LogP contribution in [0.3, 0.4) is 0 Å². The lowest BCUT2D eigenvalue weighted by molar-refractivity contribution is 0.428. The Balaban J connectivity index is 2.21. The van der Waals surface area contributed by atoms with E-state index in [0.717, 1.165) is 37.6 Å². The highest BCUT2D eigenvalue weighted by Gasteiger charge is 2.07. The van der Waals surface area contributed by atoms with Gasteiger partial charge in [-0.15, -0.1) is 0 Å². The molecule has 0 aliphatic heterocycles. The second kappa shape index (κ2) is 8.62. The summed E-state index contributed by atoms with van der Waals surface area (Å²) >= 11 is 0. The van der Waals surface area contributed by atoms with Crippen LogP contribution in [0.5, 0.6) is 0 Å². The molecule has 0 saturated carbocycles. The van der Waals surface area contributed by atoms with Crippen LogP contribution in [0, 0.1) is 5.82 Å². The highest BCUT2D eigenvalue weighted by atomic mass is 19.1. The van der Waals surface area contributed by atoms with E-state index < -0.39 is 0 Å². The van der Waals surface area contributed by atoms with Crippen molar-refractivity contribution in [1.82, 2.24) is 16.0 Å². The zero-order valence-electron chi connectivity index (χ0n) is 13.5. The van der Waals surface area contributed by atoms with Gasteiger partial charge in [0.1, 0.15) is 5.82 Å². The maximum Gasteiger partial charge on any atom is 0.191 e. The van der Waals surface area contributed by atoms with Gasteiger partial charge >= 0.3 is 0 Å².